The van der Waals surface area contributed by atoms with Gasteiger partial charge in [0.2, 0.25) is 5.91 Å². The van der Waals surface area contributed by atoms with Gasteiger partial charge in [-0.05, 0) is 37.8 Å². The standard InChI is InChI=1S/C14H21NO2/c1-11(9-13-7-4-8-17-13)15-14(16)10-12-5-2-3-6-12/h4,7-8,11-12H,2-3,5-6,9-10H2,1H3,(H,15,16)/t11-/m0/s1. The molecular formula is C14H21NO2. The largest absolute Gasteiger partial charge is 0.469 e. The maximum absolute atomic E-state index is 11.8. The minimum atomic E-state index is 0.148. The van der Waals surface area contributed by atoms with Crippen molar-refractivity contribution < 1.29 is 9.21 Å². The maximum atomic E-state index is 11.8. The Hall–Kier alpha value is -1.25. The third kappa shape index (κ3) is 3.91. The molecule has 2 rings (SSSR count). The average molecular weight is 235 g/mol. The molecule has 0 aromatic carbocycles. The Bertz CT molecular complexity index is 339. The molecular weight excluding hydrogens is 214 g/mol. The van der Waals surface area contributed by atoms with Crippen molar-refractivity contribution in [3.05, 3.63) is 24.2 Å². The lowest BCUT2D eigenvalue weighted by atomic mass is 10.0. The average Bonchev–Trinajstić information content (AvgIpc) is 2.90. The lowest BCUT2D eigenvalue weighted by molar-refractivity contribution is -0.122. The molecule has 1 aromatic rings. The first-order chi connectivity index (χ1) is 8.24. The zero-order chi connectivity index (χ0) is 12.1. The highest BCUT2D eigenvalue weighted by atomic mass is 16.3. The zero-order valence-electron chi connectivity index (χ0n) is 10.4. The first kappa shape index (κ1) is 12.2. The summed E-state index contributed by atoms with van der Waals surface area (Å²) in [6.45, 7) is 2.02. The lowest BCUT2D eigenvalue weighted by Crippen LogP contribution is -2.34. The Balaban J connectivity index is 1.70. The Morgan fingerprint density at radius 1 is 1.53 bits per heavy atom. The van der Waals surface area contributed by atoms with Crippen LogP contribution in [0.15, 0.2) is 22.8 Å². The van der Waals surface area contributed by atoms with Crippen LogP contribution in [-0.4, -0.2) is 11.9 Å². The van der Waals surface area contributed by atoms with E-state index in [1.165, 1.54) is 25.7 Å². The van der Waals surface area contributed by atoms with E-state index in [9.17, 15) is 4.79 Å². The summed E-state index contributed by atoms with van der Waals surface area (Å²) in [7, 11) is 0. The number of nitrogens with one attached hydrogen (secondary N) is 1. The molecule has 1 fully saturated rings. The molecule has 1 aliphatic carbocycles. The van der Waals surface area contributed by atoms with Gasteiger partial charge < -0.3 is 9.73 Å². The van der Waals surface area contributed by atoms with Gasteiger partial charge in [-0.25, -0.2) is 0 Å². The summed E-state index contributed by atoms with van der Waals surface area (Å²) in [5.41, 5.74) is 0. The third-order valence-electron chi connectivity index (χ3n) is 3.44. The van der Waals surface area contributed by atoms with Crippen LogP contribution in [0.1, 0.15) is 44.8 Å². The predicted molar refractivity (Wildman–Crippen MR) is 66.6 cm³/mol. The van der Waals surface area contributed by atoms with Crippen LogP contribution >= 0.6 is 0 Å². The SMILES string of the molecule is C[C@@H](Cc1ccco1)NC(=O)CC1CCCC1. The quantitative estimate of drug-likeness (QED) is 0.852. The fourth-order valence-electron chi connectivity index (χ4n) is 2.59. The van der Waals surface area contributed by atoms with Crippen molar-refractivity contribution in [2.45, 2.75) is 51.5 Å². The Morgan fingerprint density at radius 3 is 2.94 bits per heavy atom. The molecule has 0 unspecified atom stereocenters. The number of hydrogen-bond donors (Lipinski definition) is 1. The number of carbonyl (C=O) groups is 1. The first-order valence-corrected chi connectivity index (χ1v) is 6.56. The van der Waals surface area contributed by atoms with Crippen molar-refractivity contribution in [1.82, 2.24) is 5.32 Å². The van der Waals surface area contributed by atoms with Gasteiger partial charge in [-0.1, -0.05) is 12.8 Å². The molecule has 0 radical (unpaired) electrons. The highest BCUT2D eigenvalue weighted by Crippen LogP contribution is 2.27. The molecule has 17 heavy (non-hydrogen) atoms. The molecule has 0 spiro atoms. The van der Waals surface area contributed by atoms with Gasteiger partial charge in [0, 0.05) is 18.9 Å². The van der Waals surface area contributed by atoms with Gasteiger partial charge in [0.15, 0.2) is 0 Å². The molecule has 1 heterocycles. The van der Waals surface area contributed by atoms with Gasteiger partial charge >= 0.3 is 0 Å². The van der Waals surface area contributed by atoms with Gasteiger partial charge in [0.1, 0.15) is 5.76 Å². The summed E-state index contributed by atoms with van der Waals surface area (Å²) < 4.78 is 5.27. The number of amides is 1. The minimum absolute atomic E-state index is 0.148. The van der Waals surface area contributed by atoms with Crippen molar-refractivity contribution in [3.8, 4) is 0 Å². The van der Waals surface area contributed by atoms with E-state index in [1.54, 1.807) is 6.26 Å². The summed E-state index contributed by atoms with van der Waals surface area (Å²) in [5, 5.41) is 3.05. The summed E-state index contributed by atoms with van der Waals surface area (Å²) in [5.74, 6) is 1.74. The van der Waals surface area contributed by atoms with Gasteiger partial charge in [0.25, 0.3) is 0 Å². The Labute approximate surface area is 103 Å². The number of rotatable bonds is 5. The van der Waals surface area contributed by atoms with Crippen LogP contribution in [0, 0.1) is 5.92 Å². The zero-order valence-corrected chi connectivity index (χ0v) is 10.4. The normalized spacial score (nSPS) is 18.2. The first-order valence-electron chi connectivity index (χ1n) is 6.56. The summed E-state index contributed by atoms with van der Waals surface area (Å²) in [6.07, 6.45) is 8.16. The predicted octanol–water partition coefficient (Wildman–Crippen LogP) is 2.91. The van der Waals surface area contributed by atoms with Crippen molar-refractivity contribution in [2.24, 2.45) is 5.92 Å². The second-order valence-corrected chi connectivity index (χ2v) is 5.11. The highest BCUT2D eigenvalue weighted by molar-refractivity contribution is 5.76. The fourth-order valence-corrected chi connectivity index (χ4v) is 2.59. The molecule has 1 N–H and O–H groups in total. The van der Waals surface area contributed by atoms with Crippen LogP contribution in [0.3, 0.4) is 0 Å². The maximum Gasteiger partial charge on any atom is 0.220 e. The van der Waals surface area contributed by atoms with E-state index >= 15 is 0 Å². The molecule has 1 atom stereocenters. The molecule has 94 valence electrons. The highest BCUT2D eigenvalue weighted by Gasteiger charge is 2.19. The number of hydrogen-bond acceptors (Lipinski definition) is 2. The van der Waals surface area contributed by atoms with Crippen molar-refractivity contribution >= 4 is 5.91 Å². The molecule has 3 heteroatoms. The van der Waals surface area contributed by atoms with Crippen LogP contribution in [0.25, 0.3) is 0 Å². The van der Waals surface area contributed by atoms with Crippen molar-refractivity contribution in [2.75, 3.05) is 0 Å². The second-order valence-electron chi connectivity index (χ2n) is 5.11. The van der Waals surface area contributed by atoms with Gasteiger partial charge in [-0.15, -0.1) is 0 Å². The van der Waals surface area contributed by atoms with E-state index in [0.29, 0.717) is 12.3 Å². The van der Waals surface area contributed by atoms with Crippen molar-refractivity contribution in [1.29, 1.82) is 0 Å². The molecule has 1 aromatic heterocycles. The van der Waals surface area contributed by atoms with Gasteiger partial charge in [0.05, 0.1) is 6.26 Å². The van der Waals surface area contributed by atoms with E-state index in [2.05, 4.69) is 5.32 Å². The Morgan fingerprint density at radius 2 is 2.29 bits per heavy atom. The third-order valence-corrected chi connectivity index (χ3v) is 3.44. The molecule has 0 bridgehead atoms. The summed E-state index contributed by atoms with van der Waals surface area (Å²) >= 11 is 0. The van der Waals surface area contributed by atoms with Crippen LogP contribution in [0.4, 0.5) is 0 Å². The molecule has 0 saturated heterocycles. The van der Waals surface area contributed by atoms with Crippen LogP contribution < -0.4 is 5.32 Å². The molecule has 0 aliphatic heterocycles. The van der Waals surface area contributed by atoms with Crippen LogP contribution in [0.2, 0.25) is 0 Å². The van der Waals surface area contributed by atoms with E-state index in [-0.39, 0.29) is 11.9 Å². The van der Waals surface area contributed by atoms with Crippen molar-refractivity contribution in [3.63, 3.8) is 0 Å². The summed E-state index contributed by atoms with van der Waals surface area (Å²) in [4.78, 5) is 11.8. The fraction of sp³-hybridized carbons (Fsp3) is 0.643. The second kappa shape index (κ2) is 5.89. The molecule has 1 aliphatic rings. The molecule has 1 amide bonds. The monoisotopic (exact) mass is 235 g/mol. The number of carbonyl (C=O) groups excluding carboxylic acids is 1. The minimum Gasteiger partial charge on any atom is -0.469 e. The molecule has 3 nitrogen and oxygen atoms in total. The smallest absolute Gasteiger partial charge is 0.220 e. The topological polar surface area (TPSA) is 42.2 Å². The molecule has 1 saturated carbocycles. The summed E-state index contributed by atoms with van der Waals surface area (Å²) in [6, 6.07) is 3.97. The van der Waals surface area contributed by atoms with E-state index in [4.69, 9.17) is 4.42 Å². The van der Waals surface area contributed by atoms with Crippen LogP contribution in [-0.2, 0) is 11.2 Å². The van der Waals surface area contributed by atoms with E-state index < -0.39 is 0 Å². The number of furan rings is 1. The van der Waals surface area contributed by atoms with Crippen LogP contribution in [0.5, 0.6) is 0 Å². The van der Waals surface area contributed by atoms with E-state index in [1.807, 2.05) is 19.1 Å². The van der Waals surface area contributed by atoms with E-state index in [0.717, 1.165) is 12.2 Å². The van der Waals surface area contributed by atoms with Gasteiger partial charge in [-0.3, -0.25) is 4.79 Å². The Kier molecular flexibility index (Phi) is 4.24. The lowest BCUT2D eigenvalue weighted by Gasteiger charge is -2.14. The van der Waals surface area contributed by atoms with Gasteiger partial charge in [-0.2, -0.15) is 0 Å².